The molecule has 2 aromatic rings. The molecule has 1 aromatic carbocycles. The number of hydrogen-bond acceptors (Lipinski definition) is 5. The van der Waals surface area contributed by atoms with Gasteiger partial charge >= 0.3 is 0 Å². The number of hydrogen-bond donors (Lipinski definition) is 1. The third-order valence-electron chi connectivity index (χ3n) is 4.76. The number of carbonyl (C=O) groups excluding carboxylic acids is 2. The number of carbonyl (C=O) groups is 2. The van der Waals surface area contributed by atoms with E-state index in [1.807, 2.05) is 31.2 Å². The predicted molar refractivity (Wildman–Crippen MR) is 90.6 cm³/mol. The SMILES string of the molecule is C[C@@H]1CC(=O)N[C@H](c2nc(-c3ccc(N4CCCC4=O)cc3)no2)C1. The first kappa shape index (κ1) is 15.8. The molecular weight excluding hydrogens is 320 g/mol. The molecule has 0 unspecified atom stereocenters. The second kappa shape index (κ2) is 6.31. The van der Waals surface area contributed by atoms with Gasteiger partial charge in [0.25, 0.3) is 0 Å². The number of aromatic nitrogens is 2. The molecule has 4 rings (SSSR count). The zero-order chi connectivity index (χ0) is 17.4. The maximum absolute atomic E-state index is 11.8. The highest BCUT2D eigenvalue weighted by Gasteiger charge is 2.29. The summed E-state index contributed by atoms with van der Waals surface area (Å²) in [5.74, 6) is 1.40. The van der Waals surface area contributed by atoms with Crippen LogP contribution in [0, 0.1) is 5.92 Å². The molecular formula is C18H20N4O3. The maximum Gasteiger partial charge on any atom is 0.249 e. The summed E-state index contributed by atoms with van der Waals surface area (Å²) in [6.07, 6.45) is 2.85. The average Bonchev–Trinajstić information content (AvgIpc) is 3.23. The van der Waals surface area contributed by atoms with Gasteiger partial charge in [0, 0.05) is 30.6 Å². The van der Waals surface area contributed by atoms with Gasteiger partial charge in [-0.2, -0.15) is 4.98 Å². The van der Waals surface area contributed by atoms with Crippen LogP contribution in [0.4, 0.5) is 5.69 Å². The Balaban J connectivity index is 1.52. The summed E-state index contributed by atoms with van der Waals surface area (Å²) in [5, 5.41) is 6.94. The molecule has 0 radical (unpaired) electrons. The average molecular weight is 340 g/mol. The minimum Gasteiger partial charge on any atom is -0.344 e. The van der Waals surface area contributed by atoms with E-state index in [4.69, 9.17) is 4.52 Å². The molecule has 0 spiro atoms. The quantitative estimate of drug-likeness (QED) is 0.927. The number of benzene rings is 1. The first-order valence-corrected chi connectivity index (χ1v) is 8.64. The lowest BCUT2D eigenvalue weighted by atomic mass is 9.94. The number of rotatable bonds is 3. The topological polar surface area (TPSA) is 88.3 Å². The number of piperidine rings is 1. The molecule has 3 heterocycles. The van der Waals surface area contributed by atoms with E-state index in [-0.39, 0.29) is 17.9 Å². The fourth-order valence-electron chi connectivity index (χ4n) is 3.48. The Morgan fingerprint density at radius 2 is 2.04 bits per heavy atom. The molecule has 2 atom stereocenters. The second-order valence-corrected chi connectivity index (χ2v) is 6.82. The van der Waals surface area contributed by atoms with E-state index < -0.39 is 0 Å². The van der Waals surface area contributed by atoms with Crippen molar-refractivity contribution in [1.82, 2.24) is 15.5 Å². The van der Waals surface area contributed by atoms with Gasteiger partial charge in [-0.05, 0) is 43.0 Å². The van der Waals surface area contributed by atoms with Crippen molar-refractivity contribution in [3.8, 4) is 11.4 Å². The van der Waals surface area contributed by atoms with Crippen molar-refractivity contribution in [2.75, 3.05) is 11.4 Å². The Morgan fingerprint density at radius 3 is 2.72 bits per heavy atom. The maximum atomic E-state index is 11.8. The summed E-state index contributed by atoms with van der Waals surface area (Å²) in [4.78, 5) is 29.7. The lowest BCUT2D eigenvalue weighted by molar-refractivity contribution is -0.125. The molecule has 2 aliphatic rings. The van der Waals surface area contributed by atoms with Crippen molar-refractivity contribution in [3.63, 3.8) is 0 Å². The van der Waals surface area contributed by atoms with Crippen LogP contribution in [0.5, 0.6) is 0 Å². The Kier molecular flexibility index (Phi) is 3.99. The molecule has 7 heteroatoms. The van der Waals surface area contributed by atoms with Crippen LogP contribution in [0.15, 0.2) is 28.8 Å². The number of amides is 2. The van der Waals surface area contributed by atoms with Gasteiger partial charge in [0.15, 0.2) is 0 Å². The Labute approximate surface area is 145 Å². The van der Waals surface area contributed by atoms with Gasteiger partial charge in [0.2, 0.25) is 23.5 Å². The van der Waals surface area contributed by atoms with Crippen molar-refractivity contribution in [2.45, 2.75) is 38.6 Å². The highest BCUT2D eigenvalue weighted by atomic mass is 16.5. The van der Waals surface area contributed by atoms with Gasteiger partial charge in [-0.15, -0.1) is 0 Å². The smallest absolute Gasteiger partial charge is 0.249 e. The van der Waals surface area contributed by atoms with Crippen LogP contribution in [0.25, 0.3) is 11.4 Å². The second-order valence-electron chi connectivity index (χ2n) is 6.82. The lowest BCUT2D eigenvalue weighted by Crippen LogP contribution is -2.36. The van der Waals surface area contributed by atoms with Gasteiger partial charge < -0.3 is 14.7 Å². The molecule has 25 heavy (non-hydrogen) atoms. The fourth-order valence-corrected chi connectivity index (χ4v) is 3.48. The van der Waals surface area contributed by atoms with E-state index in [1.54, 1.807) is 4.90 Å². The van der Waals surface area contributed by atoms with E-state index in [2.05, 4.69) is 15.5 Å². The lowest BCUT2D eigenvalue weighted by Gasteiger charge is -2.24. The van der Waals surface area contributed by atoms with Crippen molar-refractivity contribution in [2.24, 2.45) is 5.92 Å². The van der Waals surface area contributed by atoms with E-state index in [9.17, 15) is 9.59 Å². The Bertz CT molecular complexity index is 799. The van der Waals surface area contributed by atoms with Crippen LogP contribution in [-0.4, -0.2) is 28.5 Å². The summed E-state index contributed by atoms with van der Waals surface area (Å²) in [6, 6.07) is 7.35. The molecule has 2 saturated heterocycles. The van der Waals surface area contributed by atoms with Gasteiger partial charge in [-0.1, -0.05) is 12.1 Å². The van der Waals surface area contributed by atoms with Crippen molar-refractivity contribution in [1.29, 1.82) is 0 Å². The number of nitrogens with one attached hydrogen (secondary N) is 1. The van der Waals surface area contributed by atoms with Crippen LogP contribution in [0.1, 0.15) is 44.5 Å². The van der Waals surface area contributed by atoms with Crippen LogP contribution >= 0.6 is 0 Å². The minimum absolute atomic E-state index is 0.0168. The van der Waals surface area contributed by atoms with Gasteiger partial charge in [-0.3, -0.25) is 9.59 Å². The standard InChI is InChI=1S/C18H20N4O3/c1-11-9-14(19-15(23)10-11)18-20-17(21-25-18)12-4-6-13(7-5-12)22-8-2-3-16(22)24/h4-7,11,14H,2-3,8-10H2,1H3,(H,19,23)/t11-,14-/m0/s1. The molecule has 2 fully saturated rings. The van der Waals surface area contributed by atoms with E-state index >= 15 is 0 Å². The normalized spacial score (nSPS) is 23.8. The Hall–Kier alpha value is -2.70. The van der Waals surface area contributed by atoms with Gasteiger partial charge in [-0.25, -0.2) is 0 Å². The number of anilines is 1. The summed E-state index contributed by atoms with van der Waals surface area (Å²) in [7, 11) is 0. The van der Waals surface area contributed by atoms with E-state index in [1.165, 1.54) is 0 Å². The zero-order valence-electron chi connectivity index (χ0n) is 14.1. The monoisotopic (exact) mass is 340 g/mol. The summed E-state index contributed by atoms with van der Waals surface area (Å²) in [5.41, 5.74) is 1.71. The van der Waals surface area contributed by atoms with Crippen LogP contribution in [0.2, 0.25) is 0 Å². The number of nitrogens with zero attached hydrogens (tertiary/aromatic N) is 3. The van der Waals surface area contributed by atoms with E-state index in [0.29, 0.717) is 30.5 Å². The molecule has 0 bridgehead atoms. The molecule has 2 amide bonds. The van der Waals surface area contributed by atoms with Crippen LogP contribution in [-0.2, 0) is 9.59 Å². The van der Waals surface area contributed by atoms with E-state index in [0.717, 1.165) is 30.6 Å². The molecule has 0 saturated carbocycles. The third-order valence-corrected chi connectivity index (χ3v) is 4.76. The van der Waals surface area contributed by atoms with Crippen molar-refractivity contribution < 1.29 is 14.1 Å². The van der Waals surface area contributed by atoms with Crippen molar-refractivity contribution in [3.05, 3.63) is 30.2 Å². The fraction of sp³-hybridized carbons (Fsp3) is 0.444. The summed E-state index contributed by atoms with van der Waals surface area (Å²) in [6.45, 7) is 2.81. The Morgan fingerprint density at radius 1 is 1.24 bits per heavy atom. The molecule has 2 aliphatic heterocycles. The molecule has 7 nitrogen and oxygen atoms in total. The molecule has 130 valence electrons. The largest absolute Gasteiger partial charge is 0.344 e. The molecule has 0 aliphatic carbocycles. The van der Waals surface area contributed by atoms with Crippen LogP contribution < -0.4 is 10.2 Å². The van der Waals surface area contributed by atoms with Crippen LogP contribution in [0.3, 0.4) is 0 Å². The van der Waals surface area contributed by atoms with Gasteiger partial charge in [0.05, 0.1) is 0 Å². The highest BCUT2D eigenvalue weighted by Crippen LogP contribution is 2.29. The highest BCUT2D eigenvalue weighted by molar-refractivity contribution is 5.95. The first-order valence-electron chi connectivity index (χ1n) is 8.64. The van der Waals surface area contributed by atoms with Crippen molar-refractivity contribution >= 4 is 17.5 Å². The zero-order valence-corrected chi connectivity index (χ0v) is 14.1. The first-order chi connectivity index (χ1) is 12.1. The third kappa shape index (κ3) is 3.14. The molecule has 1 aromatic heterocycles. The minimum atomic E-state index is -0.223. The summed E-state index contributed by atoms with van der Waals surface area (Å²) < 4.78 is 5.36. The predicted octanol–water partition coefficient (Wildman–Crippen LogP) is 2.45. The summed E-state index contributed by atoms with van der Waals surface area (Å²) >= 11 is 0. The molecule has 1 N–H and O–H groups in total. The van der Waals surface area contributed by atoms with Gasteiger partial charge in [0.1, 0.15) is 6.04 Å².